The topological polar surface area (TPSA) is 21.7 Å². The second kappa shape index (κ2) is 13.4. The van der Waals surface area contributed by atoms with E-state index in [1.165, 1.54) is 50.5 Å². The van der Waals surface area contributed by atoms with E-state index in [9.17, 15) is 0 Å². The van der Waals surface area contributed by atoms with E-state index in [0.29, 0.717) is 0 Å². The average Bonchev–Trinajstić information content (AvgIpc) is 3.27. The van der Waals surface area contributed by atoms with Crippen LogP contribution in [-0.2, 0) is 19.5 Å². The van der Waals surface area contributed by atoms with Crippen LogP contribution in [0.4, 0.5) is 0 Å². The molecule has 0 N–H and O–H groups in total. The van der Waals surface area contributed by atoms with Crippen LogP contribution in [0, 0.1) is 0 Å². The Morgan fingerprint density at radius 1 is 0.879 bits per heavy atom. The van der Waals surface area contributed by atoms with Crippen molar-refractivity contribution in [3.8, 4) is 11.5 Å². The molecule has 0 atom stereocenters. The van der Waals surface area contributed by atoms with Crippen molar-refractivity contribution < 1.29 is 9.47 Å². The minimum atomic E-state index is -2.32. The van der Waals surface area contributed by atoms with E-state index in [4.69, 9.17) is 9.47 Å². The van der Waals surface area contributed by atoms with E-state index in [-0.39, 0.29) is 0 Å². The number of methoxy groups -OCH3 is 2. The number of nitrogens with zero attached hydrogens (tertiary/aromatic N) is 1. The third-order valence-electron chi connectivity index (χ3n) is 7.36. The number of hydrogen-bond donors (Lipinski definition) is 0. The molecule has 0 saturated carbocycles. The van der Waals surface area contributed by atoms with Gasteiger partial charge in [-0.15, -0.1) is 0 Å². The number of benzene rings is 1. The molecule has 0 aliphatic carbocycles. The Morgan fingerprint density at radius 3 is 2.09 bits per heavy atom. The first kappa shape index (κ1) is 26.9. The van der Waals surface area contributed by atoms with Crippen LogP contribution in [0.1, 0.15) is 75.3 Å². The predicted octanol–water partition coefficient (Wildman–Crippen LogP) is 7.38. The van der Waals surface area contributed by atoms with Crippen molar-refractivity contribution in [2.75, 3.05) is 20.8 Å². The van der Waals surface area contributed by atoms with Gasteiger partial charge in [-0.3, -0.25) is 0 Å². The predicted molar refractivity (Wildman–Crippen MR) is 146 cm³/mol. The van der Waals surface area contributed by atoms with Crippen LogP contribution in [-0.4, -0.2) is 44.0 Å². The van der Waals surface area contributed by atoms with Gasteiger partial charge in [0.25, 0.3) is 0 Å². The van der Waals surface area contributed by atoms with Gasteiger partial charge < -0.3 is 0 Å². The van der Waals surface area contributed by atoms with Gasteiger partial charge in [-0.2, -0.15) is 0 Å². The van der Waals surface area contributed by atoms with Gasteiger partial charge in [0, 0.05) is 0 Å². The number of rotatable bonds is 14. The molecule has 5 heteroatoms. The Morgan fingerprint density at radius 2 is 1.52 bits per heavy atom. The molecular weight excluding hydrogens is 533 g/mol. The van der Waals surface area contributed by atoms with Crippen molar-refractivity contribution in [3.63, 3.8) is 0 Å². The van der Waals surface area contributed by atoms with E-state index in [2.05, 4.69) is 55.2 Å². The summed E-state index contributed by atoms with van der Waals surface area (Å²) in [5.41, 5.74) is 2.97. The van der Waals surface area contributed by atoms with E-state index in [0.717, 1.165) is 31.1 Å². The fraction of sp³-hybridized carbons (Fsp3) is 0.643. The van der Waals surface area contributed by atoms with Gasteiger partial charge in [-0.05, 0) is 0 Å². The summed E-state index contributed by atoms with van der Waals surface area (Å²) in [6.45, 7) is 10.4. The quantitative estimate of drug-likeness (QED) is 0.219. The van der Waals surface area contributed by atoms with Crippen molar-refractivity contribution >= 4 is 32.6 Å². The molecule has 33 heavy (non-hydrogen) atoms. The van der Waals surface area contributed by atoms with Crippen LogP contribution < -0.4 is 12.4 Å². The summed E-state index contributed by atoms with van der Waals surface area (Å²) >= 11 is -0.0925. The average molecular weight is 578 g/mol. The van der Waals surface area contributed by atoms with Gasteiger partial charge in [0.1, 0.15) is 0 Å². The number of unbranched alkanes of at least 4 members (excludes halogenated alkanes) is 3. The Bertz CT molecular complexity index is 844. The molecule has 1 aromatic heterocycles. The van der Waals surface area contributed by atoms with Gasteiger partial charge in [-0.25, -0.2) is 0 Å². The molecular formula is C28H45NO2SSn. The van der Waals surface area contributed by atoms with Gasteiger partial charge in [0.05, 0.1) is 0 Å². The Hall–Kier alpha value is -0.721. The number of fused-ring (bicyclic) bond motifs is 1. The summed E-state index contributed by atoms with van der Waals surface area (Å²) < 4.78 is 17.5. The van der Waals surface area contributed by atoms with Gasteiger partial charge in [0.15, 0.2) is 0 Å². The van der Waals surface area contributed by atoms with E-state index in [1.54, 1.807) is 38.0 Å². The molecule has 3 nitrogen and oxygen atoms in total. The van der Waals surface area contributed by atoms with E-state index >= 15 is 0 Å². The zero-order valence-corrected chi connectivity index (χ0v) is 25.3. The zero-order chi connectivity index (χ0) is 23.7. The molecule has 0 fully saturated rings. The molecule has 0 spiro atoms. The molecule has 0 unspecified atom stereocenters. The van der Waals surface area contributed by atoms with Crippen molar-refractivity contribution in [2.24, 2.45) is 0 Å². The van der Waals surface area contributed by atoms with E-state index in [1.807, 2.05) is 8.96 Å². The van der Waals surface area contributed by atoms with Gasteiger partial charge in [-0.1, -0.05) is 0 Å². The first-order valence-corrected chi connectivity index (χ1v) is 21.4. The monoisotopic (exact) mass is 579 g/mol. The molecule has 184 valence electrons. The number of ether oxygens (including phenoxy) is 2. The van der Waals surface area contributed by atoms with Gasteiger partial charge >= 0.3 is 212 Å². The zero-order valence-electron chi connectivity index (χ0n) is 21.7. The summed E-state index contributed by atoms with van der Waals surface area (Å²) in [6, 6.07) is 9.06. The third-order valence-corrected chi connectivity index (χ3v) is 26.7. The molecule has 1 aliphatic heterocycles. The molecule has 1 aromatic carbocycles. The standard InChI is InChI=1S/C16H18NO2S.3C4H9.Sn/c1-18-14-4-3-12(9-15(14)19-2)10-17-7-5-13-6-8-20-16(13)11-17;3*1-3-4-2;/h3-4,6,9H,5,7,10-11H2,1-2H3;3*1,3-4H2,2H3;. The van der Waals surface area contributed by atoms with Crippen molar-refractivity contribution in [1.82, 2.24) is 4.90 Å². The molecule has 1 aliphatic rings. The molecule has 2 aromatic rings. The maximum absolute atomic E-state index is 5.53. The van der Waals surface area contributed by atoms with Crippen LogP contribution in [0.2, 0.25) is 13.3 Å². The third kappa shape index (κ3) is 6.91. The first-order valence-electron chi connectivity index (χ1n) is 13.1. The second-order valence-corrected chi connectivity index (χ2v) is 25.1. The van der Waals surface area contributed by atoms with Gasteiger partial charge in [0.2, 0.25) is 0 Å². The summed E-state index contributed by atoms with van der Waals surface area (Å²) in [5.74, 6) is 1.63. The Kier molecular flexibility index (Phi) is 10.9. The van der Waals surface area contributed by atoms with Crippen LogP contribution in [0.5, 0.6) is 11.5 Å². The molecule has 0 amide bonds. The maximum atomic E-state index is 5.53. The fourth-order valence-electron chi connectivity index (χ4n) is 5.30. The summed E-state index contributed by atoms with van der Waals surface area (Å²) in [5, 5.41) is 0. The second-order valence-electron chi connectivity index (χ2n) is 9.80. The SMILES string of the molecule is CCC[CH2][Sn]([CH2]CCC)([CH2]CCC)[c]1cc2c(s1)CN(Cc1ccc(OC)c(OC)c1)CC2. The molecule has 0 bridgehead atoms. The number of hydrogen-bond acceptors (Lipinski definition) is 4. The van der Waals surface area contributed by atoms with E-state index < -0.39 is 18.4 Å². The Labute approximate surface area is 210 Å². The Balaban J connectivity index is 1.78. The van der Waals surface area contributed by atoms with Crippen LogP contribution >= 0.6 is 11.3 Å². The minimum absolute atomic E-state index is 0.806. The molecule has 0 radical (unpaired) electrons. The molecule has 2 heterocycles. The van der Waals surface area contributed by atoms with Crippen molar-refractivity contribution in [2.45, 2.75) is 92.1 Å². The van der Waals surface area contributed by atoms with Crippen molar-refractivity contribution in [1.29, 1.82) is 0 Å². The van der Waals surface area contributed by atoms with Crippen LogP contribution in [0.15, 0.2) is 24.3 Å². The van der Waals surface area contributed by atoms with Crippen molar-refractivity contribution in [3.05, 3.63) is 40.3 Å². The van der Waals surface area contributed by atoms with Crippen LogP contribution in [0.3, 0.4) is 0 Å². The molecule has 0 saturated heterocycles. The summed E-state index contributed by atoms with van der Waals surface area (Å²) in [4.78, 5) is 4.27. The summed E-state index contributed by atoms with van der Waals surface area (Å²) in [6.07, 6.45) is 9.58. The summed E-state index contributed by atoms with van der Waals surface area (Å²) in [7, 11) is 3.42. The van der Waals surface area contributed by atoms with Crippen LogP contribution in [0.25, 0.3) is 0 Å². The number of thiophene rings is 1. The molecule has 3 rings (SSSR count). The fourth-order valence-corrected chi connectivity index (χ4v) is 25.9. The first-order chi connectivity index (χ1) is 16.1. The normalized spacial score (nSPS) is 14.3.